The molecule has 0 fully saturated rings. The summed E-state index contributed by atoms with van der Waals surface area (Å²) in [5.74, 6) is 3.26. The Hall–Kier alpha value is -5.09. The van der Waals surface area contributed by atoms with Crippen LogP contribution in [0.25, 0.3) is 54.2 Å². The summed E-state index contributed by atoms with van der Waals surface area (Å²) in [5, 5.41) is 14.5. The summed E-state index contributed by atoms with van der Waals surface area (Å²) in [6.07, 6.45) is 6.40. The van der Waals surface area contributed by atoms with Gasteiger partial charge in [0.2, 0.25) is 0 Å². The zero-order valence-corrected chi connectivity index (χ0v) is 60.8. The van der Waals surface area contributed by atoms with Gasteiger partial charge in [0.25, 0.3) is 0 Å². The molecule has 0 atom stereocenters. The van der Waals surface area contributed by atoms with Gasteiger partial charge in [-0.3, -0.25) is 0 Å². The maximum absolute atomic E-state index is 4.52. The van der Waals surface area contributed by atoms with Gasteiger partial charge < -0.3 is 32.6 Å². The Labute approximate surface area is 560 Å². The van der Waals surface area contributed by atoms with Crippen LogP contribution in [0.4, 0.5) is 22.7 Å². The molecule has 0 unspecified atom stereocenters. The molecule has 0 saturated carbocycles. The number of aryl methyl sites for hydroxylation is 6. The number of hydrogen-bond donors (Lipinski definition) is 0. The topological polar surface area (TPSA) is 38.1 Å². The molecule has 6 heteroatoms. The van der Waals surface area contributed by atoms with Crippen molar-refractivity contribution in [3.63, 3.8) is 0 Å². The Morgan fingerprint density at radius 3 is 1.00 bits per heavy atom. The van der Waals surface area contributed by atoms with Crippen molar-refractivity contribution >= 4 is 66.4 Å². The van der Waals surface area contributed by atoms with Gasteiger partial charge in [-0.25, -0.2) is 0 Å². The Kier molecular flexibility index (Phi) is 34.7. The van der Waals surface area contributed by atoms with Crippen molar-refractivity contribution in [3.8, 4) is 0 Å². The van der Waals surface area contributed by atoms with Gasteiger partial charge in [0.1, 0.15) is 0 Å². The molecule has 442 valence electrons. The van der Waals surface area contributed by atoms with E-state index in [1.807, 2.05) is 89.1 Å². The van der Waals surface area contributed by atoms with Gasteiger partial charge in [-0.15, -0.1) is 22.7 Å². The summed E-state index contributed by atoms with van der Waals surface area (Å²) in [5.41, 5.74) is 18.8. The summed E-state index contributed by atoms with van der Waals surface area (Å²) in [4.78, 5) is 0. The van der Waals surface area contributed by atoms with E-state index in [2.05, 4.69) is 270 Å². The first kappa shape index (κ1) is 75.0. The minimum atomic E-state index is 0. The van der Waals surface area contributed by atoms with Gasteiger partial charge in [0, 0.05) is 123 Å². The maximum atomic E-state index is 4.52. The Balaban J connectivity index is 0.000000350. The number of fused-ring (bicyclic) bond motifs is 6. The van der Waals surface area contributed by atoms with E-state index in [1.54, 1.807) is 5.57 Å². The molecule has 2 heterocycles. The number of allylic oxidation sites excluding steroid dienone is 2. The molecule has 0 aliphatic rings. The first-order valence-corrected chi connectivity index (χ1v) is 30.0. The summed E-state index contributed by atoms with van der Waals surface area (Å²) in [7, 11) is 2.14. The second-order valence-electron chi connectivity index (χ2n) is 23.1. The molecule has 10 rings (SSSR count). The molecule has 8 aromatic carbocycles. The average molecular weight is 1270 g/mol. The molecule has 0 bridgehead atoms. The van der Waals surface area contributed by atoms with Crippen molar-refractivity contribution in [2.45, 2.75) is 150 Å². The third-order valence-corrected chi connectivity index (χ3v) is 13.9. The van der Waals surface area contributed by atoms with Crippen LogP contribution in [-0.4, -0.2) is 9.13 Å². The molecule has 0 aliphatic carbocycles. The van der Waals surface area contributed by atoms with Gasteiger partial charge in [-0.1, -0.05) is 249 Å². The van der Waals surface area contributed by atoms with Crippen molar-refractivity contribution in [1.29, 1.82) is 0 Å². The van der Waals surface area contributed by atoms with Crippen LogP contribution in [0.5, 0.6) is 0 Å². The zero-order chi connectivity index (χ0) is 60.5. The Morgan fingerprint density at radius 2 is 0.690 bits per heavy atom. The van der Waals surface area contributed by atoms with E-state index >= 15 is 0 Å². The van der Waals surface area contributed by atoms with Crippen molar-refractivity contribution in [3.05, 3.63) is 250 Å². The SMILES string of the molecule is CC(C)C=C(C(C)C)C(C)C.CC(C)c1ccc2c(c1)c1ccccc1n2C.CCn1c2ccccc2c2cc(C(C)C)ccc21.C[CH-]C.C[CH-]C.Cc1ccc([N-]c2ccc(C)cc2)cc1.Cc1ccc([N-]c2ccc(C)cc2)cc1.[Y].[Y]. The fourth-order valence-corrected chi connectivity index (χ4v) is 9.53. The predicted octanol–water partition coefficient (Wildman–Crippen LogP) is 25.0. The molecule has 10 aromatic rings. The number of nitrogens with zero attached hydrogens (tertiary/aromatic N) is 4. The van der Waals surface area contributed by atoms with Crippen LogP contribution in [0, 0.1) is 58.3 Å². The minimum absolute atomic E-state index is 0. The smallest absolute Gasteiger partial charge is 0.0491 e. The molecule has 0 spiro atoms. The molecular weight excluding hydrogens is 1170 g/mol. The number of para-hydroxylation sites is 2. The molecule has 2 aromatic heterocycles. The van der Waals surface area contributed by atoms with E-state index in [0.717, 1.165) is 29.3 Å². The van der Waals surface area contributed by atoms with E-state index in [4.69, 9.17) is 0 Å². The number of rotatable bonds is 10. The largest absolute Gasteiger partial charge is 0.658 e. The predicted molar refractivity (Wildman–Crippen MR) is 368 cm³/mol. The van der Waals surface area contributed by atoms with E-state index in [1.165, 1.54) is 77.0 Å². The second-order valence-corrected chi connectivity index (χ2v) is 23.1. The van der Waals surface area contributed by atoms with Crippen LogP contribution in [0.1, 0.15) is 149 Å². The van der Waals surface area contributed by atoms with Gasteiger partial charge in [0.15, 0.2) is 0 Å². The standard InChI is InChI=1S/C17H19N.C16H17N.2C14H14N.C11H22.2C3H7.2Y/c1-4-18-16-8-6-5-7-14(16)15-11-13(12(2)3)9-10-17(15)18;1-11(2)12-8-9-16-14(10-12)13-6-4-5-7-15(13)17(16)3;2*1-11-3-7-13(8-4-11)15-14-9-5-12(2)6-10-14;1-8(2)7-11(9(3)4)10(5)6;2*1-3-2;;/h5-12H,4H2,1-3H3;4-11H,1-3H3;2*3-10H,1-2H3;7-10H,1-6H3;2*3H,1-2H3;;/q;;2*-1;;2*-1;;. The van der Waals surface area contributed by atoms with Crippen molar-refractivity contribution in [2.24, 2.45) is 24.8 Å². The minimum Gasteiger partial charge on any atom is -0.658 e. The first-order chi connectivity index (χ1) is 39.2. The maximum Gasteiger partial charge on any atom is 0.0491 e. The Morgan fingerprint density at radius 1 is 0.405 bits per heavy atom. The van der Waals surface area contributed by atoms with E-state index in [0.29, 0.717) is 29.6 Å². The summed E-state index contributed by atoms with van der Waals surface area (Å²) in [6, 6.07) is 63.9. The molecule has 2 radical (unpaired) electrons. The molecule has 0 aliphatic heterocycles. The van der Waals surface area contributed by atoms with Crippen LogP contribution in [0.3, 0.4) is 0 Å². The van der Waals surface area contributed by atoms with Crippen LogP contribution >= 0.6 is 0 Å². The molecule has 0 amide bonds. The summed E-state index contributed by atoms with van der Waals surface area (Å²) in [6.45, 7) is 42.1. The third-order valence-electron chi connectivity index (χ3n) is 13.9. The zero-order valence-electron chi connectivity index (χ0n) is 55.1. The van der Waals surface area contributed by atoms with Crippen LogP contribution in [0.2, 0.25) is 0 Å². The normalized spacial score (nSPS) is 10.4. The quantitative estimate of drug-likeness (QED) is 0.0967. The number of benzene rings is 8. The number of hydrogen-bond acceptors (Lipinski definition) is 0. The molecule has 0 N–H and O–H groups in total. The summed E-state index contributed by atoms with van der Waals surface area (Å²) < 4.78 is 4.67. The molecule has 4 nitrogen and oxygen atoms in total. The number of aromatic nitrogens is 2. The fraction of sp³-hybridized carbons (Fsp3) is 0.333. The van der Waals surface area contributed by atoms with Crippen molar-refractivity contribution in [1.82, 2.24) is 9.13 Å². The monoisotopic (exact) mass is 1270 g/mol. The molecular formula is C78H100N4Y2-4. The van der Waals surface area contributed by atoms with Gasteiger partial charge in [0.05, 0.1) is 0 Å². The van der Waals surface area contributed by atoms with Crippen LogP contribution < -0.4 is 0 Å². The third kappa shape index (κ3) is 23.6. The van der Waals surface area contributed by atoms with E-state index in [-0.39, 0.29) is 65.4 Å². The van der Waals surface area contributed by atoms with Gasteiger partial charge >= 0.3 is 0 Å². The van der Waals surface area contributed by atoms with E-state index in [9.17, 15) is 0 Å². The van der Waals surface area contributed by atoms with Gasteiger partial charge in [-0.2, -0.15) is 27.7 Å². The molecule has 84 heavy (non-hydrogen) atoms. The first-order valence-electron chi connectivity index (χ1n) is 30.0. The van der Waals surface area contributed by atoms with Crippen molar-refractivity contribution < 1.29 is 65.4 Å². The Bertz CT molecular complexity index is 3260. The second kappa shape index (κ2) is 38.9. The average Bonchev–Trinajstić information content (AvgIpc) is 3.54. The van der Waals surface area contributed by atoms with Gasteiger partial charge in [-0.05, 0) is 112 Å². The molecule has 0 saturated heterocycles. The summed E-state index contributed by atoms with van der Waals surface area (Å²) >= 11 is 0. The van der Waals surface area contributed by atoms with Crippen LogP contribution in [0.15, 0.2) is 194 Å². The fourth-order valence-electron chi connectivity index (χ4n) is 9.53. The van der Waals surface area contributed by atoms with Crippen molar-refractivity contribution in [2.75, 3.05) is 0 Å². The van der Waals surface area contributed by atoms with Crippen LogP contribution in [-0.2, 0) is 79.0 Å². The van der Waals surface area contributed by atoms with E-state index < -0.39 is 0 Å².